The number of nitrogens with one attached hydrogen (secondary N) is 1. The summed E-state index contributed by atoms with van der Waals surface area (Å²) in [4.78, 5) is 17.2. The molecule has 0 bridgehead atoms. The Morgan fingerprint density at radius 3 is 2.42 bits per heavy atom. The van der Waals surface area contributed by atoms with Crippen LogP contribution in [0.5, 0.6) is 0 Å². The fraction of sp³-hybridized carbons (Fsp3) is 0.429. The molecule has 33 heavy (non-hydrogen) atoms. The lowest BCUT2D eigenvalue weighted by Crippen LogP contribution is -2.44. The van der Waals surface area contributed by atoms with Crippen molar-refractivity contribution in [3.8, 4) is 0 Å². The fourth-order valence-electron chi connectivity index (χ4n) is 3.81. The van der Waals surface area contributed by atoms with Gasteiger partial charge in [-0.15, -0.1) is 0 Å². The lowest BCUT2D eigenvalue weighted by molar-refractivity contribution is -0.275. The molecule has 2 aromatic rings. The molecule has 1 atom stereocenters. The Kier molecular flexibility index (Phi) is 5.70. The number of hydrogen-bond acceptors (Lipinski definition) is 4. The second kappa shape index (κ2) is 8.00. The van der Waals surface area contributed by atoms with Crippen molar-refractivity contribution in [2.24, 2.45) is 12.2 Å². The van der Waals surface area contributed by atoms with Crippen molar-refractivity contribution in [1.29, 1.82) is 0 Å². The Morgan fingerprint density at radius 2 is 1.91 bits per heavy atom. The average molecular weight is 491 g/mol. The fourth-order valence-corrected chi connectivity index (χ4v) is 4.44. The van der Waals surface area contributed by atoms with Gasteiger partial charge in [-0.2, -0.15) is 38.1 Å². The van der Waals surface area contributed by atoms with E-state index in [1.165, 1.54) is 18.2 Å². The molecular weight excluding hydrogens is 472 g/mol. The molecule has 178 valence electrons. The maximum atomic E-state index is 14.1. The van der Waals surface area contributed by atoms with Crippen LogP contribution in [0.25, 0.3) is 0 Å². The molecule has 1 aromatic carbocycles. The summed E-state index contributed by atoms with van der Waals surface area (Å²) in [6.45, 7) is 1.65. The second-order valence-electron chi connectivity index (χ2n) is 8.09. The predicted octanol–water partition coefficient (Wildman–Crippen LogP) is 4.78. The number of alkyl halides is 6. The highest BCUT2D eigenvalue weighted by Gasteiger charge is 2.63. The van der Waals surface area contributed by atoms with E-state index < -0.39 is 35.6 Å². The van der Waals surface area contributed by atoms with Crippen molar-refractivity contribution in [3.63, 3.8) is 0 Å². The summed E-state index contributed by atoms with van der Waals surface area (Å²) in [6.07, 6.45) is -9.90. The van der Waals surface area contributed by atoms with Gasteiger partial charge in [0.15, 0.2) is 0 Å². The third-order valence-corrected chi connectivity index (χ3v) is 7.00. The Morgan fingerprint density at radius 1 is 1.21 bits per heavy atom. The highest BCUT2D eigenvalue weighted by molar-refractivity contribution is 8.00. The molecule has 5 nitrogen and oxygen atoms in total. The topological polar surface area (TPSA) is 55.6 Å². The van der Waals surface area contributed by atoms with Gasteiger partial charge in [-0.3, -0.25) is 4.79 Å². The molecule has 1 fully saturated rings. The van der Waals surface area contributed by atoms with Crippen LogP contribution in [0.4, 0.5) is 26.3 Å². The number of rotatable bonds is 4. The molecule has 1 aromatic heterocycles. The number of carbonyl (C=O) groups excluding carboxylic acids is 1. The first-order chi connectivity index (χ1) is 15.3. The summed E-state index contributed by atoms with van der Waals surface area (Å²) in [5.74, 6) is 1.38. The van der Waals surface area contributed by atoms with Gasteiger partial charge in [0, 0.05) is 41.9 Å². The molecule has 1 N–H and O–H groups in total. The summed E-state index contributed by atoms with van der Waals surface area (Å²) in [5.41, 5.74) is -3.83. The van der Waals surface area contributed by atoms with E-state index in [2.05, 4.69) is 10.5 Å². The van der Waals surface area contributed by atoms with Crippen LogP contribution >= 0.6 is 11.8 Å². The zero-order valence-corrected chi connectivity index (χ0v) is 18.3. The number of aryl methyl sites for hydroxylation is 2. The van der Waals surface area contributed by atoms with Crippen LogP contribution in [-0.4, -0.2) is 39.9 Å². The number of benzene rings is 1. The largest absolute Gasteiger partial charge is 0.435 e. The highest BCUT2D eigenvalue weighted by atomic mass is 32.2. The molecule has 0 aliphatic carbocycles. The van der Waals surface area contributed by atoms with Crippen molar-refractivity contribution in [2.45, 2.75) is 37.3 Å². The highest BCUT2D eigenvalue weighted by Crippen LogP contribution is 2.50. The first-order valence-corrected chi connectivity index (χ1v) is 11.0. The zero-order chi connectivity index (χ0) is 24.2. The summed E-state index contributed by atoms with van der Waals surface area (Å²) in [7, 11) is 1.02. The van der Waals surface area contributed by atoms with Crippen LogP contribution in [0, 0.1) is 6.92 Å². The lowest BCUT2D eigenvalue weighted by Gasteiger charge is -2.28. The molecule has 0 radical (unpaired) electrons. The molecule has 1 saturated heterocycles. The maximum absolute atomic E-state index is 14.1. The minimum absolute atomic E-state index is 0.0739. The van der Waals surface area contributed by atoms with Crippen molar-refractivity contribution in [1.82, 2.24) is 9.88 Å². The third kappa shape index (κ3) is 4.20. The van der Waals surface area contributed by atoms with Crippen LogP contribution in [0.15, 0.2) is 35.6 Å². The van der Waals surface area contributed by atoms with Crippen molar-refractivity contribution in [3.05, 3.63) is 58.4 Å². The van der Waals surface area contributed by atoms with Gasteiger partial charge in [0.2, 0.25) is 0 Å². The van der Waals surface area contributed by atoms with E-state index in [4.69, 9.17) is 4.84 Å². The Balaban J connectivity index is 1.61. The number of oxime groups is 1. The molecule has 1 amide bonds. The van der Waals surface area contributed by atoms with Crippen LogP contribution in [0.3, 0.4) is 0 Å². The minimum Gasteiger partial charge on any atom is -0.374 e. The zero-order valence-electron chi connectivity index (χ0n) is 17.5. The van der Waals surface area contributed by atoms with E-state index in [9.17, 15) is 31.1 Å². The maximum Gasteiger partial charge on any atom is 0.435 e. The quantitative estimate of drug-likeness (QED) is 0.627. The lowest BCUT2D eigenvalue weighted by atomic mass is 9.87. The number of carbonyl (C=O) groups is 1. The van der Waals surface area contributed by atoms with Crippen molar-refractivity contribution in [2.75, 3.05) is 11.5 Å². The summed E-state index contributed by atoms with van der Waals surface area (Å²) >= 11 is 1.71. The van der Waals surface area contributed by atoms with Gasteiger partial charge in [-0.25, -0.2) is 0 Å². The van der Waals surface area contributed by atoms with Gasteiger partial charge in [0.25, 0.3) is 11.5 Å². The van der Waals surface area contributed by atoms with Gasteiger partial charge in [0.1, 0.15) is 5.69 Å². The first-order valence-electron chi connectivity index (χ1n) is 9.87. The van der Waals surface area contributed by atoms with E-state index >= 15 is 0 Å². The molecule has 3 heterocycles. The molecule has 4 rings (SSSR count). The molecule has 0 spiro atoms. The first kappa shape index (κ1) is 23.5. The van der Waals surface area contributed by atoms with Crippen LogP contribution in [0.2, 0.25) is 0 Å². The second-order valence-corrected chi connectivity index (χ2v) is 9.17. The summed E-state index contributed by atoms with van der Waals surface area (Å²) in [6, 6.07) is 4.99. The molecule has 2 aliphatic rings. The van der Waals surface area contributed by atoms with Crippen molar-refractivity contribution >= 4 is 23.4 Å². The monoisotopic (exact) mass is 491 g/mol. The Labute approximate surface area is 189 Å². The summed E-state index contributed by atoms with van der Waals surface area (Å²) in [5, 5.41) is 6.47. The standard InChI is InChI=1S/C21H19F6N3O2S/c1-11-5-12(3-4-15(11)18(31)28-14-9-33-10-14)16-7-19(32-29-16,21(25,26)27)13-6-17(20(22,23)24)30(2)8-13/h3-6,8,14H,7,9-10H2,1-2H3,(H,28,31). The van der Waals surface area contributed by atoms with Gasteiger partial charge >= 0.3 is 12.4 Å². The van der Waals surface area contributed by atoms with E-state index in [0.29, 0.717) is 27.3 Å². The Hall–Kier alpha value is -2.63. The number of hydrogen-bond donors (Lipinski definition) is 1. The molecule has 2 aliphatic heterocycles. The van der Waals surface area contributed by atoms with E-state index in [1.54, 1.807) is 18.7 Å². The number of amides is 1. The number of aromatic nitrogens is 1. The third-order valence-electron chi connectivity index (χ3n) is 5.73. The molecule has 0 saturated carbocycles. The van der Waals surface area contributed by atoms with Gasteiger partial charge in [-0.05, 0) is 36.2 Å². The van der Waals surface area contributed by atoms with E-state index in [0.717, 1.165) is 24.8 Å². The minimum atomic E-state index is -5.03. The van der Waals surface area contributed by atoms with E-state index in [-0.39, 0.29) is 17.7 Å². The van der Waals surface area contributed by atoms with Crippen molar-refractivity contribution < 1.29 is 36.0 Å². The number of halogens is 6. The molecule has 12 heteroatoms. The Bertz CT molecular complexity index is 1120. The smallest absolute Gasteiger partial charge is 0.374 e. The normalized spacial score (nSPS) is 21.4. The number of thioether (sulfide) groups is 1. The average Bonchev–Trinajstić information content (AvgIpc) is 3.28. The van der Waals surface area contributed by atoms with Crippen LogP contribution < -0.4 is 5.32 Å². The molecular formula is C21H19F6N3O2S. The van der Waals surface area contributed by atoms with Gasteiger partial charge in [0.05, 0.1) is 12.1 Å². The summed E-state index contributed by atoms with van der Waals surface area (Å²) < 4.78 is 82.3. The van der Waals surface area contributed by atoms with E-state index in [1.807, 2.05) is 0 Å². The van der Waals surface area contributed by atoms with Gasteiger partial charge in [-0.1, -0.05) is 11.2 Å². The SMILES string of the molecule is Cc1cc(C2=NOC(c3cc(C(F)(F)F)n(C)c3)(C(F)(F)F)C2)ccc1C(=O)NC1CSC1. The van der Waals surface area contributed by atoms with Crippen LogP contribution in [0.1, 0.15) is 39.2 Å². The molecule has 1 unspecified atom stereocenters. The van der Waals surface area contributed by atoms with Gasteiger partial charge < -0.3 is 14.7 Å². The number of nitrogens with zero attached hydrogens (tertiary/aromatic N) is 2. The predicted molar refractivity (Wildman–Crippen MR) is 110 cm³/mol. The van der Waals surface area contributed by atoms with Crippen LogP contribution in [-0.2, 0) is 23.7 Å².